The van der Waals surface area contributed by atoms with E-state index < -0.39 is 17.9 Å². The average molecular weight is 423 g/mol. The normalized spacial score (nSPS) is 13.6. The van der Waals surface area contributed by atoms with E-state index in [4.69, 9.17) is 22.4 Å². The zero-order valence-corrected chi connectivity index (χ0v) is 16.4. The first-order chi connectivity index (χ1) is 13.3. The van der Waals surface area contributed by atoms with Gasteiger partial charge in [-0.3, -0.25) is 19.8 Å². The lowest BCUT2D eigenvalue weighted by Crippen LogP contribution is -2.32. The van der Waals surface area contributed by atoms with Crippen molar-refractivity contribution in [3.63, 3.8) is 0 Å². The summed E-state index contributed by atoms with van der Waals surface area (Å²) in [5.41, 5.74) is 7.26. The summed E-state index contributed by atoms with van der Waals surface area (Å²) >= 11 is 7.12. The number of amides is 3. The number of anilines is 2. The van der Waals surface area contributed by atoms with Crippen LogP contribution in [-0.2, 0) is 17.8 Å². The molecule has 2 heterocycles. The Balaban J connectivity index is 1.74. The maximum Gasteiger partial charge on any atom is 0.324 e. The van der Waals surface area contributed by atoms with Gasteiger partial charge in [0.05, 0.1) is 12.0 Å². The third-order valence-electron chi connectivity index (χ3n) is 4.35. The molecule has 0 aliphatic carbocycles. The molecule has 0 unspecified atom stereocenters. The van der Waals surface area contributed by atoms with Crippen LogP contribution in [0.25, 0.3) is 0 Å². The van der Waals surface area contributed by atoms with Crippen LogP contribution in [-0.4, -0.2) is 41.0 Å². The molecule has 0 saturated heterocycles. The Morgan fingerprint density at radius 1 is 1.21 bits per heavy atom. The van der Waals surface area contributed by atoms with Crippen molar-refractivity contribution < 1.29 is 19.5 Å². The Hall–Kier alpha value is -2.62. The van der Waals surface area contributed by atoms with E-state index in [0.717, 1.165) is 10.4 Å². The molecule has 0 saturated carbocycles. The molecule has 1 aromatic carbocycles. The van der Waals surface area contributed by atoms with Crippen molar-refractivity contribution in [3.05, 3.63) is 45.3 Å². The fraction of sp³-hybridized carbons (Fsp3) is 0.278. The SMILES string of the molecule is NC(=O)c1c(NC(=O)Nc2ccc(Cl)cc2)sc2c1CCN(CCC(=O)O)C2. The standard InChI is InChI=1S/C18H19ClN4O4S/c19-10-1-3-11(4-2-10)21-18(27)22-17-15(16(20)26)12-5-7-23(8-6-14(24)25)9-13(12)28-17/h1-4H,5-9H2,(H2,20,26)(H,24,25)(H2,21,22,27). The van der Waals surface area contributed by atoms with E-state index >= 15 is 0 Å². The van der Waals surface area contributed by atoms with Crippen molar-refractivity contribution >= 4 is 51.5 Å². The molecule has 3 amide bonds. The van der Waals surface area contributed by atoms with E-state index in [9.17, 15) is 14.4 Å². The number of aliphatic carboxylic acids is 1. The van der Waals surface area contributed by atoms with Gasteiger partial charge >= 0.3 is 12.0 Å². The maximum atomic E-state index is 12.3. The first-order valence-electron chi connectivity index (χ1n) is 8.55. The first kappa shape index (κ1) is 20.1. The topological polar surface area (TPSA) is 125 Å². The lowest BCUT2D eigenvalue weighted by atomic mass is 10.0. The molecule has 2 aromatic rings. The molecule has 28 heavy (non-hydrogen) atoms. The molecule has 5 N–H and O–H groups in total. The van der Waals surface area contributed by atoms with Crippen LogP contribution in [0.3, 0.4) is 0 Å². The van der Waals surface area contributed by atoms with Gasteiger partial charge in [0, 0.05) is 35.2 Å². The van der Waals surface area contributed by atoms with Crippen molar-refractivity contribution in [1.29, 1.82) is 0 Å². The van der Waals surface area contributed by atoms with Crippen molar-refractivity contribution in [2.24, 2.45) is 5.73 Å². The third kappa shape index (κ3) is 4.80. The molecule has 0 atom stereocenters. The minimum absolute atomic E-state index is 0.0536. The zero-order chi connectivity index (χ0) is 20.3. The number of carboxylic acids is 1. The van der Waals surface area contributed by atoms with Crippen molar-refractivity contribution in [3.8, 4) is 0 Å². The van der Waals surface area contributed by atoms with Crippen molar-refractivity contribution in [2.75, 3.05) is 23.7 Å². The second-order valence-electron chi connectivity index (χ2n) is 6.33. The lowest BCUT2D eigenvalue weighted by molar-refractivity contribution is -0.137. The minimum Gasteiger partial charge on any atom is -0.481 e. The minimum atomic E-state index is -0.851. The summed E-state index contributed by atoms with van der Waals surface area (Å²) in [5.74, 6) is -1.45. The number of fused-ring (bicyclic) bond motifs is 1. The van der Waals surface area contributed by atoms with Crippen molar-refractivity contribution in [2.45, 2.75) is 19.4 Å². The number of thiophene rings is 1. The predicted octanol–water partition coefficient (Wildman–Crippen LogP) is 2.98. The summed E-state index contributed by atoms with van der Waals surface area (Å²) in [6.07, 6.45) is 0.627. The number of halogens is 1. The van der Waals surface area contributed by atoms with Crippen LogP contribution >= 0.6 is 22.9 Å². The van der Waals surface area contributed by atoms with E-state index in [0.29, 0.717) is 47.3 Å². The number of hydrogen-bond acceptors (Lipinski definition) is 5. The van der Waals surface area contributed by atoms with Crippen LogP contribution in [0.1, 0.15) is 27.2 Å². The zero-order valence-electron chi connectivity index (χ0n) is 14.8. The second-order valence-corrected chi connectivity index (χ2v) is 7.87. The smallest absolute Gasteiger partial charge is 0.324 e. The molecule has 8 nitrogen and oxygen atoms in total. The molecule has 10 heteroatoms. The monoisotopic (exact) mass is 422 g/mol. The molecule has 0 spiro atoms. The van der Waals surface area contributed by atoms with Gasteiger partial charge in [-0.25, -0.2) is 4.79 Å². The van der Waals surface area contributed by atoms with Crippen LogP contribution in [0, 0.1) is 0 Å². The Bertz CT molecular complexity index is 913. The van der Waals surface area contributed by atoms with Gasteiger partial charge in [-0.2, -0.15) is 0 Å². The molecule has 0 fully saturated rings. The van der Waals surface area contributed by atoms with Gasteiger partial charge in [0.15, 0.2) is 0 Å². The maximum absolute atomic E-state index is 12.3. The van der Waals surface area contributed by atoms with Gasteiger partial charge in [-0.05, 0) is 36.2 Å². The highest BCUT2D eigenvalue weighted by Gasteiger charge is 2.27. The number of rotatable bonds is 6. The molecule has 0 radical (unpaired) electrons. The number of nitrogens with two attached hydrogens (primary N) is 1. The predicted molar refractivity (Wildman–Crippen MR) is 108 cm³/mol. The summed E-state index contributed by atoms with van der Waals surface area (Å²) in [6.45, 7) is 1.58. The van der Waals surface area contributed by atoms with E-state index in [1.807, 2.05) is 4.90 Å². The highest BCUT2D eigenvalue weighted by Crippen LogP contribution is 2.37. The van der Waals surface area contributed by atoms with Gasteiger partial charge in [0.1, 0.15) is 5.00 Å². The number of carboxylic acid groups (broad SMARTS) is 1. The highest BCUT2D eigenvalue weighted by atomic mass is 35.5. The van der Waals surface area contributed by atoms with Gasteiger partial charge < -0.3 is 16.2 Å². The van der Waals surface area contributed by atoms with Gasteiger partial charge in [0.25, 0.3) is 5.91 Å². The Labute approximate surface area is 170 Å². The van der Waals surface area contributed by atoms with Crippen molar-refractivity contribution in [1.82, 2.24) is 4.90 Å². The lowest BCUT2D eigenvalue weighted by Gasteiger charge is -2.26. The van der Waals surface area contributed by atoms with Crippen LogP contribution in [0.5, 0.6) is 0 Å². The van der Waals surface area contributed by atoms with E-state index in [2.05, 4.69) is 10.6 Å². The molecule has 1 aliphatic rings. The average Bonchev–Trinajstić information content (AvgIpc) is 2.98. The largest absolute Gasteiger partial charge is 0.481 e. The number of primary amides is 1. The molecule has 0 bridgehead atoms. The number of urea groups is 1. The van der Waals surface area contributed by atoms with E-state index in [1.54, 1.807) is 24.3 Å². The number of carbonyl (C=O) groups is 3. The summed E-state index contributed by atoms with van der Waals surface area (Å²) in [6, 6.07) is 6.14. The number of nitrogens with zero attached hydrogens (tertiary/aromatic N) is 1. The summed E-state index contributed by atoms with van der Waals surface area (Å²) in [7, 11) is 0. The van der Waals surface area contributed by atoms with Crippen LogP contribution in [0.15, 0.2) is 24.3 Å². The molecule has 1 aromatic heterocycles. The van der Waals surface area contributed by atoms with Crippen LogP contribution in [0.2, 0.25) is 5.02 Å². The Kier molecular flexibility index (Phi) is 6.18. The highest BCUT2D eigenvalue weighted by molar-refractivity contribution is 7.17. The third-order valence-corrected chi connectivity index (χ3v) is 5.74. The van der Waals surface area contributed by atoms with E-state index in [-0.39, 0.29) is 6.42 Å². The summed E-state index contributed by atoms with van der Waals surface area (Å²) < 4.78 is 0. The Morgan fingerprint density at radius 2 is 1.93 bits per heavy atom. The van der Waals surface area contributed by atoms with Crippen LogP contribution < -0.4 is 16.4 Å². The fourth-order valence-corrected chi connectivity index (χ4v) is 4.46. The van der Waals surface area contributed by atoms with Crippen LogP contribution in [0.4, 0.5) is 15.5 Å². The number of carbonyl (C=O) groups excluding carboxylic acids is 2. The summed E-state index contributed by atoms with van der Waals surface area (Å²) in [4.78, 5) is 38.0. The van der Waals surface area contributed by atoms with Gasteiger partial charge in [-0.15, -0.1) is 11.3 Å². The second kappa shape index (κ2) is 8.59. The Morgan fingerprint density at radius 3 is 2.57 bits per heavy atom. The molecule has 148 valence electrons. The molecule has 3 rings (SSSR count). The fourth-order valence-electron chi connectivity index (χ4n) is 3.05. The summed E-state index contributed by atoms with van der Waals surface area (Å²) in [5, 5.41) is 15.2. The van der Waals surface area contributed by atoms with Gasteiger partial charge in [-0.1, -0.05) is 11.6 Å². The quantitative estimate of drug-likeness (QED) is 0.569. The number of benzene rings is 1. The molecular weight excluding hydrogens is 404 g/mol. The molecule has 1 aliphatic heterocycles. The van der Waals surface area contributed by atoms with Gasteiger partial charge in [0.2, 0.25) is 0 Å². The molecular formula is C18H19ClN4O4S. The number of nitrogens with one attached hydrogen (secondary N) is 2. The number of hydrogen-bond donors (Lipinski definition) is 4. The first-order valence-corrected chi connectivity index (χ1v) is 9.75. The van der Waals surface area contributed by atoms with E-state index in [1.165, 1.54) is 11.3 Å².